The van der Waals surface area contributed by atoms with Crippen LogP contribution in [0.4, 0.5) is 13.2 Å². The molecule has 2 heterocycles. The highest BCUT2D eigenvalue weighted by atomic mass is 19.4. The van der Waals surface area contributed by atoms with Gasteiger partial charge in [-0.2, -0.15) is 13.2 Å². The van der Waals surface area contributed by atoms with E-state index in [1.807, 2.05) is 26.0 Å². The Hall–Kier alpha value is -3.30. The van der Waals surface area contributed by atoms with Crippen molar-refractivity contribution in [1.29, 1.82) is 0 Å². The first-order chi connectivity index (χ1) is 20.0. The third-order valence-electron chi connectivity index (χ3n) is 9.91. The van der Waals surface area contributed by atoms with Crippen LogP contribution in [0.15, 0.2) is 55.1 Å². The molecular weight excluding hydrogens is 545 g/mol. The Morgan fingerprint density at radius 1 is 1.29 bits per heavy atom. The Kier molecular flexibility index (Phi) is 6.97. The Bertz CT molecular complexity index is 1440. The zero-order valence-corrected chi connectivity index (χ0v) is 24.2. The van der Waals surface area contributed by atoms with Crippen LogP contribution in [0.25, 0.3) is 6.08 Å². The molecule has 42 heavy (non-hydrogen) atoms. The largest absolute Gasteiger partial charge is 0.493 e. The van der Waals surface area contributed by atoms with E-state index in [0.29, 0.717) is 49.3 Å². The van der Waals surface area contributed by atoms with Crippen molar-refractivity contribution in [2.45, 2.75) is 81.0 Å². The number of alkyl halides is 3. The standard InChI is InChI=1S/C33H37F3N2O4/c1-5-16-37-17-15-31-28-22-10-11-25(41-4)29(28)42-30(31)24(13-14-32(31,40)26(37)19-22)38(20(2)3)27(39)12-9-21-7-6-8-23(18-21)33(34,35)36/h5-12,18,20,24,26,30,40H,1,13-17,19H2,2-4H3/t24-,26+,30-,31-,32+/m0/s1. The second kappa shape index (κ2) is 10.2. The molecule has 2 aliphatic carbocycles. The van der Waals surface area contributed by atoms with Gasteiger partial charge in [-0.3, -0.25) is 9.69 Å². The van der Waals surface area contributed by atoms with Gasteiger partial charge in [0, 0.05) is 30.3 Å². The lowest BCUT2D eigenvalue weighted by molar-refractivity contribution is -0.200. The number of aliphatic hydroxyl groups is 1. The molecule has 4 aliphatic rings. The maximum atomic E-state index is 13.8. The zero-order valence-electron chi connectivity index (χ0n) is 24.2. The van der Waals surface area contributed by atoms with Gasteiger partial charge in [0.05, 0.1) is 29.7 Å². The fourth-order valence-electron chi connectivity index (χ4n) is 8.30. The van der Waals surface area contributed by atoms with Crippen molar-refractivity contribution in [2.75, 3.05) is 20.2 Å². The quantitative estimate of drug-likeness (QED) is 0.351. The number of methoxy groups -OCH3 is 1. The van der Waals surface area contributed by atoms with E-state index >= 15 is 0 Å². The average Bonchev–Trinajstić information content (AvgIpc) is 3.30. The molecule has 1 saturated carbocycles. The summed E-state index contributed by atoms with van der Waals surface area (Å²) in [5.41, 5.74) is -0.136. The van der Waals surface area contributed by atoms with Crippen molar-refractivity contribution >= 4 is 12.0 Å². The van der Waals surface area contributed by atoms with E-state index < -0.39 is 28.9 Å². The maximum absolute atomic E-state index is 13.8. The zero-order chi connectivity index (χ0) is 30.0. The van der Waals surface area contributed by atoms with Crippen LogP contribution in [0.5, 0.6) is 11.5 Å². The average molecular weight is 583 g/mol. The van der Waals surface area contributed by atoms with Crippen molar-refractivity contribution in [3.8, 4) is 11.5 Å². The number of hydrogen-bond donors (Lipinski definition) is 1. The SMILES string of the molecule is C=CCN1CC[C@]23c4c5ccc(OC)c4O[C@H]2[C@@H](N(C(=O)C=Cc2cccc(C(F)(F)F)c2)C(C)C)CC[C@@]3(O)[C@H]1C5. The maximum Gasteiger partial charge on any atom is 0.416 e. The molecule has 0 radical (unpaired) electrons. The van der Waals surface area contributed by atoms with E-state index in [4.69, 9.17) is 9.47 Å². The Balaban J connectivity index is 1.40. The third kappa shape index (κ3) is 4.11. The van der Waals surface area contributed by atoms with Gasteiger partial charge in [-0.25, -0.2) is 0 Å². The minimum absolute atomic E-state index is 0.118. The number of likely N-dealkylation sites (tertiary alicyclic amines) is 1. The van der Waals surface area contributed by atoms with Crippen molar-refractivity contribution in [2.24, 2.45) is 0 Å². The van der Waals surface area contributed by atoms with Gasteiger partial charge < -0.3 is 19.5 Å². The number of carbonyl (C=O) groups is 1. The van der Waals surface area contributed by atoms with Gasteiger partial charge in [0.25, 0.3) is 0 Å². The van der Waals surface area contributed by atoms with Crippen LogP contribution in [0.1, 0.15) is 55.4 Å². The van der Waals surface area contributed by atoms with Gasteiger partial charge in [0.15, 0.2) is 11.5 Å². The normalized spacial score (nSPS) is 29.8. The number of hydrogen-bond acceptors (Lipinski definition) is 5. The number of carbonyl (C=O) groups excluding carboxylic acids is 1. The van der Waals surface area contributed by atoms with E-state index in [2.05, 4.69) is 17.5 Å². The van der Waals surface area contributed by atoms with E-state index in [1.54, 1.807) is 18.1 Å². The van der Waals surface area contributed by atoms with Crippen LogP contribution in [-0.2, 0) is 22.8 Å². The fraction of sp³-hybridized carbons (Fsp3) is 0.485. The predicted octanol–water partition coefficient (Wildman–Crippen LogP) is 5.37. The molecule has 6 rings (SSSR count). The second-order valence-corrected chi connectivity index (χ2v) is 12.2. The molecular formula is C33H37F3N2O4. The molecule has 1 amide bonds. The molecule has 1 spiro atoms. The van der Waals surface area contributed by atoms with Gasteiger partial charge in [-0.15, -0.1) is 6.58 Å². The summed E-state index contributed by atoms with van der Waals surface area (Å²) >= 11 is 0. The van der Waals surface area contributed by atoms with Crippen LogP contribution < -0.4 is 9.47 Å². The first-order valence-corrected chi connectivity index (χ1v) is 14.6. The van der Waals surface area contributed by atoms with Gasteiger partial charge in [0.2, 0.25) is 5.91 Å². The number of nitrogens with zero attached hydrogens (tertiary/aromatic N) is 2. The topological polar surface area (TPSA) is 62.2 Å². The molecule has 0 unspecified atom stereocenters. The monoisotopic (exact) mass is 582 g/mol. The molecule has 2 fully saturated rings. The molecule has 2 aliphatic heterocycles. The Labute approximate surface area is 244 Å². The first kappa shape index (κ1) is 28.8. The van der Waals surface area contributed by atoms with Crippen LogP contribution >= 0.6 is 0 Å². The van der Waals surface area contributed by atoms with Gasteiger partial charge in [-0.1, -0.05) is 24.3 Å². The minimum atomic E-state index is -4.47. The highest BCUT2D eigenvalue weighted by Gasteiger charge is 2.73. The van der Waals surface area contributed by atoms with E-state index in [1.165, 1.54) is 18.2 Å². The van der Waals surface area contributed by atoms with E-state index in [-0.39, 0.29) is 24.0 Å². The lowest BCUT2D eigenvalue weighted by Crippen LogP contribution is -2.78. The molecule has 9 heteroatoms. The highest BCUT2D eigenvalue weighted by Crippen LogP contribution is 2.66. The smallest absolute Gasteiger partial charge is 0.416 e. The molecule has 0 aromatic heterocycles. The number of halogens is 3. The molecule has 224 valence electrons. The number of piperidine rings is 1. The fourth-order valence-corrected chi connectivity index (χ4v) is 8.30. The van der Waals surface area contributed by atoms with Gasteiger partial charge in [-0.05, 0) is 81.5 Å². The van der Waals surface area contributed by atoms with Crippen LogP contribution in [-0.4, -0.2) is 70.8 Å². The van der Waals surface area contributed by atoms with Gasteiger partial charge in [0.1, 0.15) is 6.10 Å². The molecule has 1 N–H and O–H groups in total. The predicted molar refractivity (Wildman–Crippen MR) is 153 cm³/mol. The van der Waals surface area contributed by atoms with Crippen molar-refractivity contribution in [3.63, 3.8) is 0 Å². The summed E-state index contributed by atoms with van der Waals surface area (Å²) in [6.45, 7) is 9.23. The molecule has 1 saturated heterocycles. The van der Waals surface area contributed by atoms with Crippen LogP contribution in [0.3, 0.4) is 0 Å². The van der Waals surface area contributed by atoms with Gasteiger partial charge >= 0.3 is 6.18 Å². The lowest BCUT2D eigenvalue weighted by Gasteiger charge is -2.65. The number of ether oxygens (including phenoxy) is 2. The molecule has 2 aromatic carbocycles. The Morgan fingerprint density at radius 3 is 2.76 bits per heavy atom. The second-order valence-electron chi connectivity index (χ2n) is 12.2. The summed E-state index contributed by atoms with van der Waals surface area (Å²) in [7, 11) is 1.60. The van der Waals surface area contributed by atoms with Crippen molar-refractivity contribution in [1.82, 2.24) is 9.80 Å². The Morgan fingerprint density at radius 2 is 2.07 bits per heavy atom. The lowest BCUT2D eigenvalue weighted by atomic mass is 9.48. The molecule has 6 nitrogen and oxygen atoms in total. The van der Waals surface area contributed by atoms with Crippen molar-refractivity contribution < 1.29 is 32.5 Å². The summed E-state index contributed by atoms with van der Waals surface area (Å²) in [6.07, 6.45) is 2.02. The number of rotatable bonds is 7. The van der Waals surface area contributed by atoms with Crippen LogP contribution in [0, 0.1) is 0 Å². The minimum Gasteiger partial charge on any atom is -0.493 e. The van der Waals surface area contributed by atoms with E-state index in [0.717, 1.165) is 29.8 Å². The van der Waals surface area contributed by atoms with Crippen molar-refractivity contribution in [3.05, 3.63) is 77.4 Å². The van der Waals surface area contributed by atoms with Crippen LogP contribution in [0.2, 0.25) is 0 Å². The number of amides is 1. The molecule has 2 aromatic rings. The highest BCUT2D eigenvalue weighted by molar-refractivity contribution is 5.92. The molecule has 2 bridgehead atoms. The first-order valence-electron chi connectivity index (χ1n) is 14.6. The summed E-state index contributed by atoms with van der Waals surface area (Å²) < 4.78 is 52.3. The summed E-state index contributed by atoms with van der Waals surface area (Å²) in [5, 5.41) is 12.7. The third-order valence-corrected chi connectivity index (χ3v) is 9.91. The summed E-state index contributed by atoms with van der Waals surface area (Å²) in [4.78, 5) is 17.9. The number of benzene rings is 2. The summed E-state index contributed by atoms with van der Waals surface area (Å²) in [6, 6.07) is 8.21. The summed E-state index contributed by atoms with van der Waals surface area (Å²) in [5.74, 6) is 0.950. The van der Waals surface area contributed by atoms with E-state index in [9.17, 15) is 23.1 Å². The molecule has 5 atom stereocenters.